The second kappa shape index (κ2) is 69.0. The van der Waals surface area contributed by atoms with Crippen LogP contribution in [0.15, 0.2) is 48.6 Å². The number of carboxylic acids is 1. The van der Waals surface area contributed by atoms with Gasteiger partial charge in [-0.15, -0.1) is 0 Å². The summed E-state index contributed by atoms with van der Waals surface area (Å²) in [6.45, 7) is 6.04. The van der Waals surface area contributed by atoms with Crippen LogP contribution in [0.4, 0.5) is 0 Å². The number of ether oxygens (including phenoxy) is 1. The largest absolute Gasteiger partial charge is 0.481 e. The molecule has 2 atom stereocenters. The van der Waals surface area contributed by atoms with E-state index in [2.05, 4.69) is 86.9 Å². The van der Waals surface area contributed by atoms with Gasteiger partial charge in [0.2, 0.25) is 11.8 Å². The molecule has 89 heavy (non-hydrogen) atoms. The molecule has 0 saturated carbocycles. The van der Waals surface area contributed by atoms with Gasteiger partial charge in [-0.2, -0.15) is 0 Å². The van der Waals surface area contributed by atoms with E-state index in [1.54, 1.807) is 0 Å². The predicted molar refractivity (Wildman–Crippen MR) is 376 cm³/mol. The first-order valence-corrected chi connectivity index (χ1v) is 37.6. The van der Waals surface area contributed by atoms with Crippen LogP contribution in [0.1, 0.15) is 374 Å². The minimum absolute atomic E-state index is 0.120. The summed E-state index contributed by atoms with van der Waals surface area (Å²) >= 11 is 0. The summed E-state index contributed by atoms with van der Waals surface area (Å²) in [7, 11) is 0. The summed E-state index contributed by atoms with van der Waals surface area (Å²) in [5, 5.41) is 56.9. The molecule has 0 aromatic heterocycles. The topological polar surface area (TPSA) is 203 Å². The highest BCUT2D eigenvalue weighted by molar-refractivity contribution is 5.89. The molecule has 2 unspecified atom stereocenters. The van der Waals surface area contributed by atoms with Crippen LogP contribution in [0.25, 0.3) is 0 Å². The molecule has 0 radical (unpaired) electrons. The van der Waals surface area contributed by atoms with Gasteiger partial charge in [0, 0.05) is 19.3 Å². The Bertz CT molecular complexity index is 1680. The summed E-state index contributed by atoms with van der Waals surface area (Å²) in [6.07, 6.45) is 75.2. The first-order chi connectivity index (χ1) is 43.5. The lowest BCUT2D eigenvalue weighted by Gasteiger charge is -2.37. The first kappa shape index (κ1) is 87.7. The molecule has 0 aromatic carbocycles. The standard InChI is InChI=1S/C59H110N2O8.C18H34O2/c1-4-7-10-13-16-19-22-25-27-30-33-36-39-42-45-48-55(66)60-58(50-62,51-63)53-69-57(68)59(52-64,54(65)47-44-41-38-35-32-29-24-21-18-15-12-9-6-3)61-56(67)49-46-43-40-37-34-31-28-26-23-20-17-14-11-8-5-2;1-2-3-4-5-6-7-8-9-10-11-12-13-14-15-16-17-18(19)20/h25-29,32,54,62-65H,4-24,30-31,33-53H2,1-3H3,(H,60,66)(H,61,67);9-10H,2-8,11-17H2,1H3,(H,19,20). The van der Waals surface area contributed by atoms with Crippen molar-refractivity contribution in [2.75, 3.05) is 26.4 Å². The molecule has 12 nitrogen and oxygen atoms in total. The Balaban J connectivity index is 0. The maximum atomic E-state index is 14.0. The number of hydrogen-bond acceptors (Lipinski definition) is 9. The number of hydrogen-bond donors (Lipinski definition) is 7. The van der Waals surface area contributed by atoms with E-state index in [0.29, 0.717) is 25.7 Å². The maximum absolute atomic E-state index is 14.0. The van der Waals surface area contributed by atoms with Crippen molar-refractivity contribution >= 4 is 23.8 Å². The molecule has 0 spiro atoms. The number of allylic oxidation sites excluding steroid dienone is 8. The normalized spacial score (nSPS) is 12.9. The van der Waals surface area contributed by atoms with E-state index in [-0.39, 0.29) is 25.2 Å². The van der Waals surface area contributed by atoms with Crippen LogP contribution in [0.3, 0.4) is 0 Å². The molecule has 0 bridgehead atoms. The smallest absolute Gasteiger partial charge is 0.337 e. The highest BCUT2D eigenvalue weighted by Crippen LogP contribution is 2.23. The van der Waals surface area contributed by atoms with E-state index in [1.165, 1.54) is 186 Å². The molecule has 0 aliphatic heterocycles. The van der Waals surface area contributed by atoms with E-state index in [0.717, 1.165) is 116 Å². The van der Waals surface area contributed by atoms with E-state index < -0.39 is 61.5 Å². The summed E-state index contributed by atoms with van der Waals surface area (Å²) < 4.78 is 5.62. The third kappa shape index (κ3) is 58.3. The molecule has 12 heteroatoms. The molecule has 0 aromatic rings. The first-order valence-electron chi connectivity index (χ1n) is 37.6. The van der Waals surface area contributed by atoms with Crippen LogP contribution in [0.5, 0.6) is 0 Å². The summed E-state index contributed by atoms with van der Waals surface area (Å²) in [4.78, 5) is 50.7. The number of amides is 2. The predicted octanol–water partition coefficient (Wildman–Crippen LogP) is 20.0. The van der Waals surface area contributed by atoms with Crippen LogP contribution in [-0.2, 0) is 23.9 Å². The van der Waals surface area contributed by atoms with E-state index >= 15 is 0 Å². The molecule has 522 valence electrons. The zero-order valence-corrected chi connectivity index (χ0v) is 58.5. The number of carbonyl (C=O) groups is 4. The van der Waals surface area contributed by atoms with E-state index in [9.17, 15) is 39.6 Å². The molecule has 0 aliphatic carbocycles. The summed E-state index contributed by atoms with van der Waals surface area (Å²) in [5.41, 5.74) is -3.84. The number of esters is 1. The maximum Gasteiger partial charge on any atom is 0.337 e. The highest BCUT2D eigenvalue weighted by atomic mass is 16.5. The van der Waals surface area contributed by atoms with E-state index in [4.69, 9.17) is 9.84 Å². The minimum atomic E-state index is -2.15. The lowest BCUT2D eigenvalue weighted by Crippen LogP contribution is -2.66. The van der Waals surface area contributed by atoms with Crippen molar-refractivity contribution in [3.8, 4) is 0 Å². The average molecular weight is 1260 g/mol. The Morgan fingerprint density at radius 1 is 0.348 bits per heavy atom. The second-order valence-electron chi connectivity index (χ2n) is 26.0. The van der Waals surface area contributed by atoms with Gasteiger partial charge in [-0.25, -0.2) is 4.79 Å². The molecule has 0 heterocycles. The average Bonchev–Trinajstić information content (AvgIpc) is 2.48. The van der Waals surface area contributed by atoms with Crippen molar-refractivity contribution in [2.45, 2.75) is 392 Å². The van der Waals surface area contributed by atoms with Crippen LogP contribution in [0.2, 0.25) is 0 Å². The number of aliphatic carboxylic acids is 1. The van der Waals surface area contributed by atoms with Crippen LogP contribution in [0, 0.1) is 0 Å². The monoisotopic (exact) mass is 1260 g/mol. The van der Waals surface area contributed by atoms with Crippen LogP contribution < -0.4 is 10.6 Å². The molecule has 0 fully saturated rings. The van der Waals surface area contributed by atoms with Crippen molar-refractivity contribution in [3.63, 3.8) is 0 Å². The Morgan fingerprint density at radius 3 is 0.888 bits per heavy atom. The second-order valence-corrected chi connectivity index (χ2v) is 26.0. The third-order valence-electron chi connectivity index (χ3n) is 17.3. The van der Waals surface area contributed by atoms with Gasteiger partial charge in [-0.1, -0.05) is 275 Å². The quantitative estimate of drug-likeness (QED) is 0.0174. The number of unbranched alkanes of at least 4 members (excludes halogenated alkanes) is 42. The molecular weight excluding hydrogens is 1110 g/mol. The number of carboxylic acid groups (broad SMARTS) is 1. The van der Waals surface area contributed by atoms with E-state index in [1.807, 2.05) is 0 Å². The van der Waals surface area contributed by atoms with Gasteiger partial charge in [0.25, 0.3) is 0 Å². The fourth-order valence-corrected chi connectivity index (χ4v) is 11.1. The number of aliphatic hydroxyl groups is 4. The van der Waals surface area contributed by atoms with Crippen LogP contribution in [-0.4, -0.2) is 92.9 Å². The SMILES string of the molecule is CCCCCCCCC=CCCCCCCCC(=O)NC(CO)(CO)COC(=O)C(CO)(NC(=O)CCCCCCCC=CCCCCCCCC)C(O)CCCCCC=CCCCCCCCC.CCCCCCCCC=CCCCCCCCC(=O)O. The summed E-state index contributed by atoms with van der Waals surface area (Å²) in [6, 6.07) is 0. The molecule has 7 N–H and O–H groups in total. The Morgan fingerprint density at radius 2 is 0.607 bits per heavy atom. The van der Waals surface area contributed by atoms with Gasteiger partial charge < -0.3 is 40.9 Å². The van der Waals surface area contributed by atoms with Crippen molar-refractivity contribution in [1.29, 1.82) is 0 Å². The number of carbonyl (C=O) groups excluding carboxylic acids is 3. The fraction of sp³-hybridized carbons (Fsp3) is 0.844. The highest BCUT2D eigenvalue weighted by Gasteiger charge is 2.48. The van der Waals surface area contributed by atoms with Gasteiger partial charge >= 0.3 is 11.9 Å². The lowest BCUT2D eigenvalue weighted by atomic mass is 9.88. The minimum Gasteiger partial charge on any atom is -0.481 e. The van der Waals surface area contributed by atoms with Crippen molar-refractivity contribution < 1.29 is 49.4 Å². The van der Waals surface area contributed by atoms with Gasteiger partial charge in [0.05, 0.1) is 25.9 Å². The Kier molecular flexibility index (Phi) is 68.1. The summed E-state index contributed by atoms with van der Waals surface area (Å²) in [5.74, 6) is -2.60. The lowest BCUT2D eigenvalue weighted by molar-refractivity contribution is -0.167. The van der Waals surface area contributed by atoms with Crippen LogP contribution >= 0.6 is 0 Å². The van der Waals surface area contributed by atoms with Crippen molar-refractivity contribution in [2.24, 2.45) is 0 Å². The zero-order chi connectivity index (χ0) is 65.7. The fourth-order valence-electron chi connectivity index (χ4n) is 11.1. The number of rotatable bonds is 67. The third-order valence-corrected chi connectivity index (χ3v) is 17.3. The Hall–Kier alpha value is -3.32. The Labute approximate surface area is 548 Å². The molecular formula is C77H144N2O10. The molecule has 0 saturated heterocycles. The van der Waals surface area contributed by atoms with Gasteiger partial charge in [-0.05, 0) is 128 Å². The molecule has 0 aliphatic rings. The van der Waals surface area contributed by atoms with Gasteiger partial charge in [0.15, 0.2) is 5.54 Å². The van der Waals surface area contributed by atoms with Crippen molar-refractivity contribution in [3.05, 3.63) is 48.6 Å². The zero-order valence-electron chi connectivity index (χ0n) is 58.5. The molecule has 0 rings (SSSR count). The van der Waals surface area contributed by atoms with Gasteiger partial charge in [-0.3, -0.25) is 14.4 Å². The number of aliphatic hydroxyl groups excluding tert-OH is 4. The van der Waals surface area contributed by atoms with Crippen molar-refractivity contribution in [1.82, 2.24) is 10.6 Å². The number of nitrogens with one attached hydrogen (secondary N) is 2. The molecule has 2 amide bonds. The van der Waals surface area contributed by atoms with Gasteiger partial charge in [0.1, 0.15) is 12.1 Å².